The van der Waals surface area contributed by atoms with E-state index in [4.69, 9.17) is 19.9 Å². The summed E-state index contributed by atoms with van der Waals surface area (Å²) in [4.78, 5) is 37.2. The molecule has 0 bridgehead atoms. The fourth-order valence-electron chi connectivity index (χ4n) is 13.6. The normalized spacial score (nSPS) is 10.6. The number of para-hydroxylation sites is 3. The smallest absolute Gasteiger partial charge is 0.125 e. The van der Waals surface area contributed by atoms with Gasteiger partial charge in [-0.25, -0.2) is 0 Å². The van der Waals surface area contributed by atoms with Crippen molar-refractivity contribution < 1.29 is 86.4 Å². The van der Waals surface area contributed by atoms with Crippen molar-refractivity contribution in [1.29, 1.82) is 0 Å². The molecule has 572 valence electrons. The SMILES string of the molecule is Oc1cccc2ccc3ccc(-c4[c-]c(-c5ccccn5)ccc4)nc3c12.Oc1ccccc1-c1ccc2ccc3ccc(-c4ccccn4)[c-]c3c2n1.Oc1ccccc1-c1cccc(-c2[c-]c(-c3cc4ccccc4cn3)ccc2)n1.Oc1ccccc1-c1nc(-c2[c-]c(-c3ccccn3)ccc2)cc2ccccc12.[Ni].[Ni].[Ni].[Ni]. The van der Waals surface area contributed by atoms with Crippen molar-refractivity contribution in [2.24, 2.45) is 0 Å². The Morgan fingerprint density at radius 3 is 1.18 bits per heavy atom. The van der Waals surface area contributed by atoms with Gasteiger partial charge in [0.15, 0.2) is 0 Å². The molecule has 12 nitrogen and oxygen atoms in total. The first-order chi connectivity index (χ1) is 55.2. The molecular formula is C100H64N8Ni4O4-4. The van der Waals surface area contributed by atoms with E-state index >= 15 is 0 Å². The molecule has 0 saturated carbocycles. The predicted octanol–water partition coefficient (Wildman–Crippen LogP) is 23.5. The molecule has 0 radical (unpaired) electrons. The second-order valence-electron chi connectivity index (χ2n) is 26.4. The molecule has 0 amide bonds. The summed E-state index contributed by atoms with van der Waals surface area (Å²) in [6, 6.07) is 123. The standard InChI is InChI=1S/2C26H17N2O.2C24H15N2O.4Ni/c29-26-14-4-3-11-22(26)24-13-6-12-23(28-24)19-9-5-10-20(15-19)25-16-18-7-1-2-8-21(18)17-27-25;29-25-14-4-3-12-22(25)26-21-11-2-1-8-18(21)17-24(28-26)20-10-7-9-19(16-20)23-13-5-6-15-27-23;27-22-9-4-5-16-10-11-17-12-13-21(26-24(17)23(16)22)19-7-3-6-18(15-19)20-8-1-2-14-25-20;27-23-7-2-1-5-19(23)22-13-12-17-10-8-16-9-11-18(15-20(16)24(17)26-22)21-6-3-4-14-25-21;;;;/h1-14,16-17,29H;1-15,17,29H;2*1-14,27H;;;;/q4*-1;;;;. The molecule has 8 heterocycles. The minimum Gasteiger partial charge on any atom is -0.507 e. The molecule has 0 fully saturated rings. The van der Waals surface area contributed by atoms with Crippen LogP contribution < -0.4 is 0 Å². The Morgan fingerprint density at radius 2 is 0.595 bits per heavy atom. The third-order valence-electron chi connectivity index (χ3n) is 19.2. The fraction of sp³-hybridized carbons (Fsp3) is 0. The van der Waals surface area contributed by atoms with Crippen LogP contribution in [0.5, 0.6) is 23.0 Å². The molecule has 116 heavy (non-hydrogen) atoms. The molecule has 0 aliphatic rings. The second kappa shape index (κ2) is 37.0. The van der Waals surface area contributed by atoms with E-state index in [0.717, 1.165) is 166 Å². The van der Waals surface area contributed by atoms with E-state index in [2.05, 4.69) is 92.7 Å². The van der Waals surface area contributed by atoms with E-state index in [1.807, 2.05) is 267 Å². The van der Waals surface area contributed by atoms with Crippen LogP contribution >= 0.6 is 0 Å². The molecule has 8 aromatic heterocycles. The Balaban J connectivity index is 0.000000133. The first-order valence-corrected chi connectivity index (χ1v) is 36.3. The van der Waals surface area contributed by atoms with Gasteiger partial charge in [0.25, 0.3) is 0 Å². The Hall–Kier alpha value is -13.4. The Labute approximate surface area is 709 Å². The number of phenolic OH excluding ortho intramolecular Hbond substituents is 4. The van der Waals surface area contributed by atoms with Gasteiger partial charge in [0.2, 0.25) is 0 Å². The van der Waals surface area contributed by atoms with Gasteiger partial charge in [-0.15, -0.1) is 91.0 Å². The van der Waals surface area contributed by atoms with Crippen LogP contribution in [-0.4, -0.2) is 60.3 Å². The second-order valence-corrected chi connectivity index (χ2v) is 26.4. The number of phenols is 4. The molecule has 0 atom stereocenters. The molecule has 20 aromatic rings. The van der Waals surface area contributed by atoms with E-state index in [1.54, 1.807) is 48.9 Å². The van der Waals surface area contributed by atoms with Crippen LogP contribution in [0.3, 0.4) is 0 Å². The fourth-order valence-corrected chi connectivity index (χ4v) is 13.6. The zero-order valence-corrected chi connectivity index (χ0v) is 65.2. The predicted molar refractivity (Wildman–Crippen MR) is 450 cm³/mol. The van der Waals surface area contributed by atoms with Crippen molar-refractivity contribution >= 4 is 64.9 Å². The number of rotatable bonds is 10. The third kappa shape index (κ3) is 17.7. The van der Waals surface area contributed by atoms with Crippen LogP contribution in [0.1, 0.15) is 0 Å². The average Bonchev–Trinajstić information content (AvgIpc) is 0.779. The number of fused-ring (bicyclic) bond motifs is 8. The van der Waals surface area contributed by atoms with Gasteiger partial charge >= 0.3 is 0 Å². The first-order valence-electron chi connectivity index (χ1n) is 36.3. The van der Waals surface area contributed by atoms with Gasteiger partial charge in [-0.3, -0.25) is 39.9 Å². The zero-order chi connectivity index (χ0) is 75.7. The number of aromatic nitrogens is 8. The average molecular weight is 1680 g/mol. The van der Waals surface area contributed by atoms with Gasteiger partial charge in [-0.2, -0.15) is 0 Å². The van der Waals surface area contributed by atoms with E-state index in [0.29, 0.717) is 11.1 Å². The van der Waals surface area contributed by atoms with Crippen molar-refractivity contribution in [2.75, 3.05) is 0 Å². The minimum atomic E-state index is 0. The van der Waals surface area contributed by atoms with Crippen molar-refractivity contribution in [3.8, 4) is 136 Å². The van der Waals surface area contributed by atoms with Gasteiger partial charge in [0.1, 0.15) is 23.0 Å². The van der Waals surface area contributed by atoms with E-state index in [1.165, 1.54) is 0 Å². The van der Waals surface area contributed by atoms with E-state index in [-0.39, 0.29) is 89.0 Å². The van der Waals surface area contributed by atoms with Crippen molar-refractivity contribution in [2.45, 2.75) is 0 Å². The van der Waals surface area contributed by atoms with Gasteiger partial charge in [0.05, 0.1) is 22.6 Å². The summed E-state index contributed by atoms with van der Waals surface area (Å²) in [7, 11) is 0. The van der Waals surface area contributed by atoms with Gasteiger partial charge in [-0.05, 0) is 105 Å². The number of nitrogens with zero attached hydrogens (tertiary/aromatic N) is 8. The summed E-state index contributed by atoms with van der Waals surface area (Å²) in [6.07, 6.45) is 7.23. The Kier molecular flexibility index (Phi) is 25.7. The van der Waals surface area contributed by atoms with E-state index < -0.39 is 0 Å². The molecule has 0 aliphatic carbocycles. The Morgan fingerprint density at radius 1 is 0.216 bits per heavy atom. The van der Waals surface area contributed by atoms with Crippen molar-refractivity contribution in [1.82, 2.24) is 39.9 Å². The molecule has 0 unspecified atom stereocenters. The number of benzene rings is 12. The number of hydrogen-bond acceptors (Lipinski definition) is 12. The molecule has 12 aromatic carbocycles. The first kappa shape index (κ1) is 80.6. The van der Waals surface area contributed by atoms with Crippen molar-refractivity contribution in [3.63, 3.8) is 0 Å². The zero-order valence-electron chi connectivity index (χ0n) is 61.3. The molecular weight excluding hydrogens is 1610 g/mol. The monoisotopic (exact) mass is 1670 g/mol. The van der Waals surface area contributed by atoms with Crippen LogP contribution in [0.25, 0.3) is 177 Å². The van der Waals surface area contributed by atoms with Gasteiger partial charge in [-0.1, -0.05) is 250 Å². The number of pyridine rings is 8. The van der Waals surface area contributed by atoms with Crippen LogP contribution in [-0.2, 0) is 66.0 Å². The minimum absolute atomic E-state index is 0. The number of hydrogen-bond donors (Lipinski definition) is 4. The third-order valence-corrected chi connectivity index (χ3v) is 19.2. The summed E-state index contributed by atoms with van der Waals surface area (Å²) in [5, 5.41) is 51.3. The van der Waals surface area contributed by atoms with E-state index in [9.17, 15) is 20.4 Å². The Bertz CT molecular complexity index is 6870. The molecule has 4 N–H and O–H groups in total. The molecule has 0 aliphatic heterocycles. The van der Waals surface area contributed by atoms with Gasteiger partial charge < -0.3 is 20.4 Å². The van der Waals surface area contributed by atoms with Crippen LogP contribution in [0.2, 0.25) is 0 Å². The molecule has 0 saturated heterocycles. The summed E-state index contributed by atoms with van der Waals surface area (Å²) in [6.45, 7) is 0. The summed E-state index contributed by atoms with van der Waals surface area (Å²) in [5.41, 5.74) is 18.3. The largest absolute Gasteiger partial charge is 0.507 e. The molecule has 16 heteroatoms. The maximum atomic E-state index is 10.4. The quantitative estimate of drug-likeness (QED) is 0.0578. The van der Waals surface area contributed by atoms with Crippen LogP contribution in [0.15, 0.2) is 365 Å². The van der Waals surface area contributed by atoms with Gasteiger partial charge in [0, 0.05) is 164 Å². The summed E-state index contributed by atoms with van der Waals surface area (Å²) >= 11 is 0. The van der Waals surface area contributed by atoms with Crippen LogP contribution in [0, 0.1) is 24.3 Å². The summed E-state index contributed by atoms with van der Waals surface area (Å²) < 4.78 is 0. The maximum absolute atomic E-state index is 10.4. The topological polar surface area (TPSA) is 184 Å². The molecule has 0 spiro atoms. The summed E-state index contributed by atoms with van der Waals surface area (Å²) in [5.74, 6) is 0.903. The number of aromatic hydroxyl groups is 4. The maximum Gasteiger partial charge on any atom is 0.125 e. The molecule has 20 rings (SSSR count). The van der Waals surface area contributed by atoms with Crippen LogP contribution in [0.4, 0.5) is 0 Å². The van der Waals surface area contributed by atoms with Crippen molar-refractivity contribution in [3.05, 3.63) is 389 Å².